The highest BCUT2D eigenvalue weighted by Gasteiger charge is 2.43. The number of aryl methyl sites for hydroxylation is 1. The molecule has 1 unspecified atom stereocenters. The van der Waals surface area contributed by atoms with Crippen LogP contribution in [0.1, 0.15) is 97.4 Å². The maximum Gasteiger partial charge on any atom is 0.407 e. The Morgan fingerprint density at radius 1 is 0.902 bits per heavy atom. The highest BCUT2D eigenvalue weighted by atomic mass is 28.3. The van der Waals surface area contributed by atoms with E-state index in [-0.39, 0.29) is 29.4 Å². The molecule has 1 aliphatic heterocycles. The average molecular weight is 721 g/mol. The molecule has 0 saturated carbocycles. The first-order chi connectivity index (χ1) is 23.7. The van der Waals surface area contributed by atoms with Crippen molar-refractivity contribution in [3.63, 3.8) is 0 Å². The van der Waals surface area contributed by atoms with Crippen LogP contribution in [0.4, 0.5) is 4.79 Å². The normalized spacial score (nSPS) is 17.0. The fraction of sp³-hybridized carbons (Fsp3) is 0.610. The Balaban J connectivity index is 2.10. The van der Waals surface area contributed by atoms with Gasteiger partial charge in [0.1, 0.15) is 17.4 Å². The van der Waals surface area contributed by atoms with Crippen molar-refractivity contribution in [3.8, 4) is 0 Å². The molecule has 2 aromatic carbocycles. The van der Waals surface area contributed by atoms with Crippen LogP contribution in [0.25, 0.3) is 0 Å². The summed E-state index contributed by atoms with van der Waals surface area (Å²) >= 11 is 0. The van der Waals surface area contributed by atoms with E-state index in [1.54, 1.807) is 4.90 Å². The van der Waals surface area contributed by atoms with Gasteiger partial charge in [-0.05, 0) is 82.0 Å². The summed E-state index contributed by atoms with van der Waals surface area (Å²) in [6.07, 6.45) is 0.484. The second kappa shape index (κ2) is 18.3. The molecule has 0 bridgehead atoms. The van der Waals surface area contributed by atoms with Crippen molar-refractivity contribution in [1.82, 2.24) is 15.5 Å². The molecule has 5 atom stereocenters. The van der Waals surface area contributed by atoms with E-state index < -0.39 is 50.3 Å². The molecule has 3 rings (SSSR count). The van der Waals surface area contributed by atoms with E-state index in [1.165, 1.54) is 0 Å². The Bertz CT molecular complexity index is 1460. The third kappa shape index (κ3) is 13.2. The Labute approximate surface area is 308 Å². The predicted molar refractivity (Wildman–Crippen MR) is 204 cm³/mol. The van der Waals surface area contributed by atoms with Crippen molar-refractivity contribution in [3.05, 3.63) is 71.3 Å². The van der Waals surface area contributed by atoms with Crippen LogP contribution in [0.2, 0.25) is 13.1 Å². The molecule has 10 heteroatoms. The van der Waals surface area contributed by atoms with Crippen molar-refractivity contribution >= 4 is 32.7 Å². The SMILES string of the molecule is Cc1cccc(C[C@@H](C[C@H]([C@H](NC(=O)OC(C)(C)C)C(O[Si](C)C)c2ccccc2)C(C)(C)C)C(=O)N[C@H](C(=O)N2CCC(=O)CC2)C(C)C)c1. The molecule has 51 heavy (non-hydrogen) atoms. The van der Waals surface area contributed by atoms with Gasteiger partial charge < -0.3 is 24.7 Å². The number of ketones is 1. The number of nitrogens with zero attached hydrogens (tertiary/aromatic N) is 1. The molecule has 1 fully saturated rings. The summed E-state index contributed by atoms with van der Waals surface area (Å²) in [5.41, 5.74) is 1.93. The summed E-state index contributed by atoms with van der Waals surface area (Å²) in [7, 11) is -1.25. The van der Waals surface area contributed by atoms with Crippen molar-refractivity contribution in [2.75, 3.05) is 13.1 Å². The standard InChI is InChI=1S/C41H62N3O6Si/c1-27(2)34(38(47)44-22-20-32(45)21-23-44)42-37(46)31(25-29-17-15-16-28(3)24-29)26-33(40(4,5)6)35(43-39(48)49-41(7,8)9)36(50-51(10)11)30-18-13-12-14-19-30/h12-19,24,27,31,33-36H,20-23,25-26H2,1-11H3,(H,42,46)(H,43,48)/t31-,33+,34-,35-,36?/m0/s1. The van der Waals surface area contributed by atoms with Crippen LogP contribution in [0.3, 0.4) is 0 Å². The highest BCUT2D eigenvalue weighted by Crippen LogP contribution is 2.41. The first-order valence-electron chi connectivity index (χ1n) is 18.4. The smallest absolute Gasteiger partial charge is 0.407 e. The molecular formula is C41H62N3O6Si. The number of benzene rings is 2. The Morgan fingerprint density at radius 2 is 1.53 bits per heavy atom. The lowest BCUT2D eigenvalue weighted by atomic mass is 9.69. The van der Waals surface area contributed by atoms with Crippen molar-refractivity contribution in [1.29, 1.82) is 0 Å². The lowest BCUT2D eigenvalue weighted by Crippen LogP contribution is -2.55. The van der Waals surface area contributed by atoms with Gasteiger partial charge in [0.05, 0.1) is 12.1 Å². The largest absolute Gasteiger partial charge is 0.444 e. The van der Waals surface area contributed by atoms with Crippen molar-refractivity contribution in [2.45, 2.75) is 125 Å². The van der Waals surface area contributed by atoms with E-state index in [4.69, 9.17) is 9.16 Å². The number of alkyl carbamates (subject to hydrolysis) is 1. The lowest BCUT2D eigenvalue weighted by molar-refractivity contribution is -0.141. The van der Waals surface area contributed by atoms with Crippen LogP contribution in [-0.4, -0.2) is 68.4 Å². The lowest BCUT2D eigenvalue weighted by Gasteiger charge is -2.43. The van der Waals surface area contributed by atoms with Gasteiger partial charge in [-0.3, -0.25) is 14.4 Å². The molecule has 1 heterocycles. The molecule has 0 spiro atoms. The minimum Gasteiger partial charge on any atom is -0.444 e. The molecule has 2 N–H and O–H groups in total. The van der Waals surface area contributed by atoms with E-state index in [0.717, 1.165) is 16.7 Å². The summed E-state index contributed by atoms with van der Waals surface area (Å²) in [4.78, 5) is 55.7. The number of carbonyl (C=O) groups is 4. The summed E-state index contributed by atoms with van der Waals surface area (Å²) in [6.45, 7) is 22.7. The second-order valence-electron chi connectivity index (χ2n) is 16.7. The number of hydrogen-bond donors (Lipinski definition) is 2. The zero-order valence-corrected chi connectivity index (χ0v) is 33.8. The molecule has 3 amide bonds. The molecule has 1 radical (unpaired) electrons. The van der Waals surface area contributed by atoms with Gasteiger partial charge in [-0.15, -0.1) is 0 Å². The van der Waals surface area contributed by atoms with Gasteiger partial charge in [0.15, 0.2) is 0 Å². The number of likely N-dealkylation sites (tertiary alicyclic amines) is 1. The number of rotatable bonds is 14. The third-order valence-corrected chi connectivity index (χ3v) is 10.1. The molecule has 0 aliphatic carbocycles. The molecule has 281 valence electrons. The Kier molecular flexibility index (Phi) is 15.0. The van der Waals surface area contributed by atoms with Gasteiger partial charge in [-0.25, -0.2) is 4.79 Å². The number of ether oxygens (including phenoxy) is 1. The van der Waals surface area contributed by atoms with Gasteiger partial charge in [-0.2, -0.15) is 0 Å². The maximum atomic E-state index is 14.6. The molecule has 2 aromatic rings. The minimum absolute atomic E-state index is 0.155. The first kappa shape index (κ1) is 41.9. The fourth-order valence-corrected chi connectivity index (χ4v) is 7.58. The average Bonchev–Trinajstić information content (AvgIpc) is 3.02. The van der Waals surface area contributed by atoms with E-state index in [1.807, 2.05) is 90.1 Å². The van der Waals surface area contributed by atoms with Gasteiger partial charge in [0, 0.05) is 31.8 Å². The van der Waals surface area contributed by atoms with Crippen molar-refractivity contribution in [2.24, 2.45) is 23.2 Å². The topological polar surface area (TPSA) is 114 Å². The van der Waals surface area contributed by atoms with Crippen LogP contribution in [0.5, 0.6) is 0 Å². The minimum atomic E-state index is -1.25. The number of piperidine rings is 1. The van der Waals surface area contributed by atoms with Crippen LogP contribution < -0.4 is 10.6 Å². The van der Waals surface area contributed by atoms with Gasteiger partial charge in [0.25, 0.3) is 0 Å². The van der Waals surface area contributed by atoms with Crippen LogP contribution in [0.15, 0.2) is 54.6 Å². The summed E-state index contributed by atoms with van der Waals surface area (Å²) in [5, 5.41) is 6.40. The van der Waals surface area contributed by atoms with Crippen molar-refractivity contribution < 1.29 is 28.3 Å². The maximum absolute atomic E-state index is 14.6. The fourth-order valence-electron chi connectivity index (χ4n) is 6.79. The van der Waals surface area contributed by atoms with E-state index in [2.05, 4.69) is 50.6 Å². The monoisotopic (exact) mass is 720 g/mol. The number of Topliss-reactive ketones (excluding diaryl/α,β-unsaturated/α-hetero) is 1. The third-order valence-electron chi connectivity index (χ3n) is 9.38. The quantitative estimate of drug-likeness (QED) is 0.196. The first-order valence-corrected chi connectivity index (χ1v) is 20.8. The van der Waals surface area contributed by atoms with E-state index >= 15 is 0 Å². The number of hydrogen-bond acceptors (Lipinski definition) is 6. The summed E-state index contributed by atoms with van der Waals surface area (Å²) < 4.78 is 12.6. The zero-order chi connectivity index (χ0) is 38.1. The van der Waals surface area contributed by atoms with Gasteiger partial charge in [-0.1, -0.05) is 94.8 Å². The van der Waals surface area contributed by atoms with E-state index in [9.17, 15) is 19.2 Å². The van der Waals surface area contributed by atoms with Crippen LogP contribution in [-0.2, 0) is 30.0 Å². The number of nitrogens with one attached hydrogen (secondary N) is 2. The van der Waals surface area contributed by atoms with Gasteiger partial charge in [0.2, 0.25) is 20.9 Å². The Hall–Kier alpha value is -3.50. The second-order valence-corrected chi connectivity index (χ2v) is 18.8. The molecule has 1 saturated heterocycles. The molecule has 0 aromatic heterocycles. The highest BCUT2D eigenvalue weighted by molar-refractivity contribution is 6.48. The molecule has 9 nitrogen and oxygen atoms in total. The molecule has 1 aliphatic rings. The summed E-state index contributed by atoms with van der Waals surface area (Å²) in [6, 6.07) is 16.8. The zero-order valence-electron chi connectivity index (χ0n) is 32.8. The predicted octanol–water partition coefficient (Wildman–Crippen LogP) is 7.44. The number of carbonyl (C=O) groups excluding carboxylic acids is 4. The van der Waals surface area contributed by atoms with Crippen LogP contribution >= 0.6 is 0 Å². The molecular weight excluding hydrogens is 659 g/mol. The summed E-state index contributed by atoms with van der Waals surface area (Å²) in [5.74, 6) is -1.18. The Morgan fingerprint density at radius 3 is 2.06 bits per heavy atom. The van der Waals surface area contributed by atoms with E-state index in [0.29, 0.717) is 38.8 Å². The van der Waals surface area contributed by atoms with Gasteiger partial charge >= 0.3 is 6.09 Å². The number of amides is 3. The van der Waals surface area contributed by atoms with Crippen LogP contribution in [0, 0.1) is 30.1 Å².